The van der Waals surface area contributed by atoms with Gasteiger partial charge in [0.1, 0.15) is 5.58 Å². The molecule has 7 heteroatoms. The van der Waals surface area contributed by atoms with E-state index in [0.717, 1.165) is 12.1 Å². The highest BCUT2D eigenvalue weighted by atomic mass is 35.5. The number of halogens is 1. The number of carbonyl (C=O) groups excluding carboxylic acids is 1. The van der Waals surface area contributed by atoms with Gasteiger partial charge in [0.2, 0.25) is 5.76 Å². The van der Waals surface area contributed by atoms with Gasteiger partial charge < -0.3 is 14.2 Å². The van der Waals surface area contributed by atoms with Crippen LogP contribution in [0.5, 0.6) is 0 Å². The lowest BCUT2D eigenvalue weighted by molar-refractivity contribution is -0.857. The van der Waals surface area contributed by atoms with Crippen LogP contribution in [0, 0.1) is 0 Å². The van der Waals surface area contributed by atoms with Gasteiger partial charge in [0.25, 0.3) is 5.91 Å². The first-order chi connectivity index (χ1) is 13.0. The number of aromatic nitrogens is 1. The molecule has 1 aliphatic heterocycles. The van der Waals surface area contributed by atoms with Crippen LogP contribution in [0.1, 0.15) is 27.7 Å². The first kappa shape index (κ1) is 17.7. The zero-order valence-electron chi connectivity index (χ0n) is 15.0. The summed E-state index contributed by atoms with van der Waals surface area (Å²) >= 11 is 6.07. The second kappa shape index (κ2) is 6.79. The van der Waals surface area contributed by atoms with Crippen molar-refractivity contribution in [3.8, 4) is 0 Å². The third kappa shape index (κ3) is 3.01. The molecular formula is C20H19ClN3O3+. The number of benzene rings is 1. The van der Waals surface area contributed by atoms with Crippen LogP contribution >= 0.6 is 11.6 Å². The maximum Gasteiger partial charge on any atom is 0.291 e. The van der Waals surface area contributed by atoms with Crippen molar-refractivity contribution in [1.29, 1.82) is 0 Å². The number of hydrogen-bond donors (Lipinski definition) is 1. The molecule has 0 aliphatic carbocycles. The van der Waals surface area contributed by atoms with Crippen molar-refractivity contribution in [1.82, 2.24) is 9.88 Å². The summed E-state index contributed by atoms with van der Waals surface area (Å²) in [6, 6.07) is 8.01. The Morgan fingerprint density at radius 3 is 2.78 bits per heavy atom. The van der Waals surface area contributed by atoms with E-state index in [9.17, 15) is 9.59 Å². The molecule has 0 radical (unpaired) electrons. The Labute approximate surface area is 161 Å². The number of carbonyl (C=O) groups is 1. The van der Waals surface area contributed by atoms with Gasteiger partial charge in [-0.1, -0.05) is 17.7 Å². The van der Waals surface area contributed by atoms with Crippen LogP contribution < -0.4 is 10.3 Å². The average Bonchev–Trinajstić information content (AvgIpc) is 2.94. The topological polar surface area (TPSA) is 67.8 Å². The minimum absolute atomic E-state index is 0.109. The van der Waals surface area contributed by atoms with E-state index in [-0.39, 0.29) is 17.1 Å². The van der Waals surface area contributed by atoms with E-state index >= 15 is 0 Å². The maximum absolute atomic E-state index is 13.3. The van der Waals surface area contributed by atoms with Gasteiger partial charge in [-0.3, -0.25) is 14.6 Å². The molecule has 0 saturated heterocycles. The number of likely N-dealkylation sites (N-methyl/N-ethyl adjacent to an activating group) is 1. The number of hydrogen-bond acceptors (Lipinski definition) is 4. The smallest absolute Gasteiger partial charge is 0.291 e. The average molecular weight is 385 g/mol. The number of quaternary nitrogens is 1. The Morgan fingerprint density at radius 2 is 2.07 bits per heavy atom. The van der Waals surface area contributed by atoms with Gasteiger partial charge in [-0.15, -0.1) is 0 Å². The van der Waals surface area contributed by atoms with Crippen molar-refractivity contribution in [2.24, 2.45) is 0 Å². The standard InChI is InChI=1S/C20H18ClN3O3/c1-23(2)8-9-24-17(12-4-3-7-22-11-12)16-18(25)14-10-13(21)5-6-15(14)27-19(16)20(24)26/h3-7,10-11,17H,8-9H2,1-2H3/p+1/t17-/m1/s1. The summed E-state index contributed by atoms with van der Waals surface area (Å²) in [6.45, 7) is 1.25. The summed E-state index contributed by atoms with van der Waals surface area (Å²) in [5, 5.41) is 0.827. The Hall–Kier alpha value is -2.70. The van der Waals surface area contributed by atoms with E-state index < -0.39 is 6.04 Å². The van der Waals surface area contributed by atoms with E-state index in [0.29, 0.717) is 28.1 Å². The van der Waals surface area contributed by atoms with Crippen molar-refractivity contribution in [2.75, 3.05) is 27.2 Å². The molecule has 1 aromatic carbocycles. The van der Waals surface area contributed by atoms with Crippen molar-refractivity contribution in [3.05, 3.63) is 74.9 Å². The minimum atomic E-state index is -0.514. The molecule has 3 heterocycles. The molecule has 1 amide bonds. The van der Waals surface area contributed by atoms with Gasteiger partial charge in [-0.2, -0.15) is 0 Å². The molecule has 4 rings (SSSR count). The Kier molecular flexibility index (Phi) is 4.45. The Balaban J connectivity index is 1.95. The number of amides is 1. The number of fused-ring (bicyclic) bond motifs is 2. The lowest BCUT2D eigenvalue weighted by atomic mass is 10.00. The van der Waals surface area contributed by atoms with Gasteiger partial charge in [-0.25, -0.2) is 0 Å². The molecule has 1 atom stereocenters. The summed E-state index contributed by atoms with van der Waals surface area (Å²) in [5.41, 5.74) is 1.28. The summed E-state index contributed by atoms with van der Waals surface area (Å²) in [5.74, 6) is -0.161. The van der Waals surface area contributed by atoms with Crippen molar-refractivity contribution in [2.45, 2.75) is 6.04 Å². The van der Waals surface area contributed by atoms with Crippen LogP contribution in [0.25, 0.3) is 11.0 Å². The van der Waals surface area contributed by atoms with Gasteiger partial charge in [-0.05, 0) is 29.8 Å². The van der Waals surface area contributed by atoms with Gasteiger partial charge >= 0.3 is 0 Å². The lowest BCUT2D eigenvalue weighted by Crippen LogP contribution is -3.06. The lowest BCUT2D eigenvalue weighted by Gasteiger charge is -2.25. The highest BCUT2D eigenvalue weighted by Crippen LogP contribution is 2.37. The zero-order valence-corrected chi connectivity index (χ0v) is 15.8. The number of nitrogens with zero attached hydrogens (tertiary/aromatic N) is 2. The monoisotopic (exact) mass is 384 g/mol. The number of rotatable bonds is 4. The molecule has 138 valence electrons. The third-order valence-electron chi connectivity index (χ3n) is 4.78. The molecule has 0 saturated carbocycles. The van der Waals surface area contributed by atoms with Crippen LogP contribution in [0.4, 0.5) is 0 Å². The highest BCUT2D eigenvalue weighted by Gasteiger charge is 2.42. The first-order valence-electron chi connectivity index (χ1n) is 8.73. The second-order valence-electron chi connectivity index (χ2n) is 6.96. The van der Waals surface area contributed by atoms with E-state index in [1.54, 1.807) is 41.6 Å². The molecule has 1 N–H and O–H groups in total. The normalized spacial score (nSPS) is 16.4. The van der Waals surface area contributed by atoms with Crippen molar-refractivity contribution in [3.63, 3.8) is 0 Å². The van der Waals surface area contributed by atoms with Gasteiger partial charge in [0.15, 0.2) is 5.43 Å². The van der Waals surface area contributed by atoms with Crippen LogP contribution in [-0.4, -0.2) is 43.0 Å². The number of nitrogens with one attached hydrogen (secondary N) is 1. The van der Waals surface area contributed by atoms with Crippen molar-refractivity contribution >= 4 is 28.5 Å². The molecule has 0 bridgehead atoms. The molecule has 27 heavy (non-hydrogen) atoms. The van der Waals surface area contributed by atoms with E-state index in [2.05, 4.69) is 4.98 Å². The molecule has 2 aromatic heterocycles. The van der Waals surface area contributed by atoms with Crippen LogP contribution in [0.3, 0.4) is 0 Å². The predicted molar refractivity (Wildman–Crippen MR) is 102 cm³/mol. The Morgan fingerprint density at radius 1 is 1.26 bits per heavy atom. The fourth-order valence-corrected chi connectivity index (χ4v) is 3.62. The molecule has 6 nitrogen and oxygen atoms in total. The van der Waals surface area contributed by atoms with E-state index in [4.69, 9.17) is 16.0 Å². The quantitative estimate of drug-likeness (QED) is 0.740. The van der Waals surface area contributed by atoms with Crippen molar-refractivity contribution < 1.29 is 14.1 Å². The third-order valence-corrected chi connectivity index (χ3v) is 5.02. The summed E-state index contributed by atoms with van der Waals surface area (Å²) in [6.07, 6.45) is 3.35. The van der Waals surface area contributed by atoms with Gasteiger partial charge in [0, 0.05) is 17.4 Å². The SMILES string of the molecule is C[NH+](C)CCN1C(=O)c2oc3ccc(Cl)cc3c(=O)c2[C@H]1c1cccnc1. The maximum atomic E-state index is 13.3. The summed E-state index contributed by atoms with van der Waals surface area (Å²) < 4.78 is 5.86. The second-order valence-corrected chi connectivity index (χ2v) is 7.40. The Bertz CT molecular complexity index is 1080. The summed E-state index contributed by atoms with van der Waals surface area (Å²) in [4.78, 5) is 33.4. The highest BCUT2D eigenvalue weighted by molar-refractivity contribution is 6.31. The van der Waals surface area contributed by atoms with E-state index in [1.165, 1.54) is 4.90 Å². The fourth-order valence-electron chi connectivity index (χ4n) is 3.45. The van der Waals surface area contributed by atoms with E-state index in [1.807, 2.05) is 20.2 Å². The van der Waals surface area contributed by atoms with Crippen LogP contribution in [0.2, 0.25) is 5.02 Å². The molecule has 0 fully saturated rings. The fraction of sp³-hybridized carbons (Fsp3) is 0.250. The predicted octanol–water partition coefficient (Wildman–Crippen LogP) is 1.53. The van der Waals surface area contributed by atoms with Gasteiger partial charge in [0.05, 0.1) is 44.2 Å². The largest absolute Gasteiger partial charge is 0.450 e. The molecule has 1 aliphatic rings. The summed E-state index contributed by atoms with van der Waals surface area (Å²) in [7, 11) is 4.04. The molecule has 3 aromatic rings. The van der Waals surface area contributed by atoms with Crippen LogP contribution in [0.15, 0.2) is 51.9 Å². The first-order valence-corrected chi connectivity index (χ1v) is 9.11. The van der Waals surface area contributed by atoms with Crippen LogP contribution in [-0.2, 0) is 0 Å². The molecule has 0 unspecified atom stereocenters. The minimum Gasteiger partial charge on any atom is -0.450 e. The molecular weight excluding hydrogens is 366 g/mol. The number of pyridine rings is 1. The molecule has 0 spiro atoms. The zero-order chi connectivity index (χ0) is 19.1.